The second-order valence-corrected chi connectivity index (χ2v) is 3.21. The molecule has 0 spiro atoms. The summed E-state index contributed by atoms with van der Waals surface area (Å²) in [6, 6.07) is 0.462. The molecule has 0 aliphatic rings. The van der Waals surface area contributed by atoms with E-state index in [1.807, 2.05) is 6.92 Å². The van der Waals surface area contributed by atoms with Gasteiger partial charge in [0.25, 0.3) is 0 Å². The second-order valence-electron chi connectivity index (χ2n) is 3.21. The van der Waals surface area contributed by atoms with Crippen LogP contribution in [-0.2, 0) is 4.79 Å². The summed E-state index contributed by atoms with van der Waals surface area (Å²) >= 11 is 0. The summed E-state index contributed by atoms with van der Waals surface area (Å²) < 4.78 is 0. The van der Waals surface area contributed by atoms with Gasteiger partial charge in [-0.3, -0.25) is 4.79 Å². The monoisotopic (exact) mass is 172 g/mol. The van der Waals surface area contributed by atoms with Crippen molar-refractivity contribution in [1.29, 1.82) is 0 Å². The quantitative estimate of drug-likeness (QED) is 0.625. The predicted molar refractivity (Wildman–Crippen MR) is 51.1 cm³/mol. The topological polar surface area (TPSA) is 41.1 Å². The first-order chi connectivity index (χ1) is 5.66. The summed E-state index contributed by atoms with van der Waals surface area (Å²) in [4.78, 5) is 11.0. The van der Waals surface area contributed by atoms with Gasteiger partial charge in [0.2, 0.25) is 5.91 Å². The third-order valence-corrected chi connectivity index (χ3v) is 1.48. The molecule has 0 saturated carbocycles. The molecule has 0 unspecified atom stereocenters. The Morgan fingerprint density at radius 1 is 1.33 bits per heavy atom. The summed E-state index contributed by atoms with van der Waals surface area (Å²) in [5.41, 5.74) is 0. The molecule has 0 rings (SSSR count). The van der Waals surface area contributed by atoms with Crippen LogP contribution in [0, 0.1) is 0 Å². The van der Waals surface area contributed by atoms with Crippen molar-refractivity contribution < 1.29 is 4.79 Å². The molecule has 0 heterocycles. The van der Waals surface area contributed by atoms with Crippen LogP contribution in [0.15, 0.2) is 0 Å². The molecule has 3 heteroatoms. The number of rotatable bonds is 6. The van der Waals surface area contributed by atoms with Crippen molar-refractivity contribution in [2.24, 2.45) is 0 Å². The maximum Gasteiger partial charge on any atom is 0.221 e. The average Bonchev–Trinajstić information content (AvgIpc) is 2.00. The van der Waals surface area contributed by atoms with Crippen molar-refractivity contribution in [3.8, 4) is 0 Å². The molecule has 0 radical (unpaired) electrons. The van der Waals surface area contributed by atoms with E-state index in [1.54, 1.807) is 0 Å². The van der Waals surface area contributed by atoms with Crippen LogP contribution in [0.1, 0.15) is 33.6 Å². The molecule has 0 aromatic carbocycles. The molecule has 0 fully saturated rings. The SMILES string of the molecule is CCCNC(=O)CCNC(C)C. The fraction of sp³-hybridized carbons (Fsp3) is 0.889. The van der Waals surface area contributed by atoms with Crippen LogP contribution in [0.25, 0.3) is 0 Å². The molecule has 3 nitrogen and oxygen atoms in total. The lowest BCUT2D eigenvalue weighted by atomic mass is 10.3. The van der Waals surface area contributed by atoms with E-state index in [0.29, 0.717) is 12.5 Å². The number of hydrogen-bond donors (Lipinski definition) is 2. The molecule has 0 saturated heterocycles. The van der Waals surface area contributed by atoms with Gasteiger partial charge in [0, 0.05) is 25.6 Å². The molecular formula is C9H20N2O. The van der Waals surface area contributed by atoms with Crippen LogP contribution >= 0.6 is 0 Å². The van der Waals surface area contributed by atoms with Gasteiger partial charge in [0.15, 0.2) is 0 Å². The standard InChI is InChI=1S/C9H20N2O/c1-4-6-11-9(12)5-7-10-8(2)3/h8,10H,4-7H2,1-3H3,(H,11,12). The van der Waals surface area contributed by atoms with Gasteiger partial charge < -0.3 is 10.6 Å². The molecule has 0 aliphatic carbocycles. The van der Waals surface area contributed by atoms with Crippen LogP contribution in [0.4, 0.5) is 0 Å². The normalized spacial score (nSPS) is 10.3. The predicted octanol–water partition coefficient (Wildman–Crippen LogP) is 0.901. The van der Waals surface area contributed by atoms with Crippen molar-refractivity contribution in [3.63, 3.8) is 0 Å². The van der Waals surface area contributed by atoms with Crippen molar-refractivity contribution in [3.05, 3.63) is 0 Å². The Morgan fingerprint density at radius 3 is 2.50 bits per heavy atom. The van der Waals surface area contributed by atoms with Gasteiger partial charge in [-0.05, 0) is 6.42 Å². The van der Waals surface area contributed by atoms with Crippen LogP contribution in [0.5, 0.6) is 0 Å². The summed E-state index contributed by atoms with van der Waals surface area (Å²) in [5.74, 6) is 0.144. The number of carbonyl (C=O) groups is 1. The molecule has 2 N–H and O–H groups in total. The van der Waals surface area contributed by atoms with E-state index in [4.69, 9.17) is 0 Å². The molecule has 0 aliphatic heterocycles. The smallest absolute Gasteiger partial charge is 0.221 e. The Bertz CT molecular complexity index is 124. The Kier molecular flexibility index (Phi) is 6.76. The highest BCUT2D eigenvalue weighted by Crippen LogP contribution is 1.81. The largest absolute Gasteiger partial charge is 0.356 e. The minimum absolute atomic E-state index is 0.144. The Hall–Kier alpha value is -0.570. The number of carbonyl (C=O) groups excluding carboxylic acids is 1. The van der Waals surface area contributed by atoms with E-state index < -0.39 is 0 Å². The molecule has 12 heavy (non-hydrogen) atoms. The number of hydrogen-bond acceptors (Lipinski definition) is 2. The maximum absolute atomic E-state index is 11.0. The van der Waals surface area contributed by atoms with Gasteiger partial charge in [-0.2, -0.15) is 0 Å². The van der Waals surface area contributed by atoms with Crippen molar-refractivity contribution in [1.82, 2.24) is 10.6 Å². The maximum atomic E-state index is 11.0. The van der Waals surface area contributed by atoms with Crippen LogP contribution in [-0.4, -0.2) is 25.0 Å². The number of nitrogens with one attached hydrogen (secondary N) is 2. The van der Waals surface area contributed by atoms with E-state index in [2.05, 4.69) is 24.5 Å². The van der Waals surface area contributed by atoms with Crippen molar-refractivity contribution >= 4 is 5.91 Å². The van der Waals surface area contributed by atoms with E-state index >= 15 is 0 Å². The molecule has 0 aromatic rings. The lowest BCUT2D eigenvalue weighted by Gasteiger charge is -2.07. The van der Waals surface area contributed by atoms with Gasteiger partial charge in [0.1, 0.15) is 0 Å². The first-order valence-electron chi connectivity index (χ1n) is 4.67. The third-order valence-electron chi connectivity index (χ3n) is 1.48. The van der Waals surface area contributed by atoms with Crippen molar-refractivity contribution in [2.45, 2.75) is 39.7 Å². The first-order valence-corrected chi connectivity index (χ1v) is 4.67. The van der Waals surface area contributed by atoms with E-state index in [0.717, 1.165) is 19.5 Å². The summed E-state index contributed by atoms with van der Waals surface area (Å²) in [6.45, 7) is 7.76. The molecular weight excluding hydrogens is 152 g/mol. The zero-order valence-electron chi connectivity index (χ0n) is 8.31. The fourth-order valence-corrected chi connectivity index (χ4v) is 0.827. The van der Waals surface area contributed by atoms with Crippen LogP contribution in [0.3, 0.4) is 0 Å². The highest BCUT2D eigenvalue weighted by molar-refractivity contribution is 5.75. The minimum atomic E-state index is 0.144. The Balaban J connectivity index is 3.20. The lowest BCUT2D eigenvalue weighted by Crippen LogP contribution is -2.30. The van der Waals surface area contributed by atoms with E-state index in [1.165, 1.54) is 0 Å². The highest BCUT2D eigenvalue weighted by atomic mass is 16.1. The van der Waals surface area contributed by atoms with Gasteiger partial charge in [-0.15, -0.1) is 0 Å². The molecule has 0 aromatic heterocycles. The summed E-state index contributed by atoms with van der Waals surface area (Å²) in [5, 5.41) is 6.02. The minimum Gasteiger partial charge on any atom is -0.356 e. The molecule has 72 valence electrons. The summed E-state index contributed by atoms with van der Waals surface area (Å²) in [7, 11) is 0. The second kappa shape index (κ2) is 7.10. The molecule has 1 amide bonds. The van der Waals surface area contributed by atoms with Crippen LogP contribution in [0.2, 0.25) is 0 Å². The van der Waals surface area contributed by atoms with Crippen LogP contribution < -0.4 is 10.6 Å². The average molecular weight is 172 g/mol. The van der Waals surface area contributed by atoms with Gasteiger partial charge in [-0.25, -0.2) is 0 Å². The van der Waals surface area contributed by atoms with Gasteiger partial charge in [0.05, 0.1) is 0 Å². The van der Waals surface area contributed by atoms with Crippen molar-refractivity contribution in [2.75, 3.05) is 13.1 Å². The fourth-order valence-electron chi connectivity index (χ4n) is 0.827. The lowest BCUT2D eigenvalue weighted by molar-refractivity contribution is -0.120. The zero-order valence-corrected chi connectivity index (χ0v) is 8.31. The van der Waals surface area contributed by atoms with E-state index in [9.17, 15) is 4.79 Å². The first kappa shape index (κ1) is 11.4. The van der Waals surface area contributed by atoms with Gasteiger partial charge >= 0.3 is 0 Å². The molecule has 0 bridgehead atoms. The Morgan fingerprint density at radius 2 is 2.00 bits per heavy atom. The number of amides is 1. The third kappa shape index (κ3) is 7.54. The summed E-state index contributed by atoms with van der Waals surface area (Å²) in [6.07, 6.45) is 1.58. The van der Waals surface area contributed by atoms with Gasteiger partial charge in [-0.1, -0.05) is 20.8 Å². The molecule has 0 atom stereocenters. The highest BCUT2D eigenvalue weighted by Gasteiger charge is 1.99. The van der Waals surface area contributed by atoms with E-state index in [-0.39, 0.29) is 5.91 Å². The zero-order chi connectivity index (χ0) is 9.40. The Labute approximate surface area is 74.9 Å².